The van der Waals surface area contributed by atoms with Crippen molar-refractivity contribution in [2.75, 3.05) is 6.54 Å². The topological polar surface area (TPSA) is 12.0 Å². The van der Waals surface area contributed by atoms with Crippen molar-refractivity contribution in [1.29, 1.82) is 0 Å². The molecule has 1 N–H and O–H groups in total. The molecule has 0 radical (unpaired) electrons. The van der Waals surface area contributed by atoms with Crippen LogP contribution in [0.1, 0.15) is 51.1 Å². The lowest BCUT2D eigenvalue weighted by molar-refractivity contribution is -0.137. The fourth-order valence-electron chi connectivity index (χ4n) is 2.38. The van der Waals surface area contributed by atoms with E-state index in [0.717, 1.165) is 18.2 Å². The molecule has 0 aliphatic rings. The van der Waals surface area contributed by atoms with Gasteiger partial charge in [-0.15, -0.1) is 0 Å². The number of benzene rings is 3. The Morgan fingerprint density at radius 1 is 1.12 bits per heavy atom. The zero-order valence-corrected chi connectivity index (χ0v) is 13.7. The molecule has 1 nitrogen and oxygen atoms in total. The number of halogens is 3. The predicted octanol–water partition coefficient (Wildman–Crippen LogP) is 6.14. The van der Waals surface area contributed by atoms with Gasteiger partial charge in [0.1, 0.15) is 0 Å². The lowest BCUT2D eigenvalue weighted by atomic mass is 9.99. The maximum atomic E-state index is 13.1. The van der Waals surface area contributed by atoms with Crippen LogP contribution in [0, 0.1) is 0 Å². The molecule has 0 saturated carbocycles. The highest BCUT2D eigenvalue weighted by Gasteiger charge is 2.30. The Morgan fingerprint density at radius 3 is 2.69 bits per heavy atom. The van der Waals surface area contributed by atoms with Gasteiger partial charge in [0, 0.05) is 11.5 Å². The van der Waals surface area contributed by atoms with E-state index in [0.29, 0.717) is 6.07 Å². The van der Waals surface area contributed by atoms with Crippen molar-refractivity contribution in [3.05, 3.63) is 83.3 Å². The second-order valence-corrected chi connectivity index (χ2v) is 5.52. The van der Waals surface area contributed by atoms with Gasteiger partial charge in [-0.3, -0.25) is 0 Å². The van der Waals surface area contributed by atoms with Crippen molar-refractivity contribution in [2.45, 2.75) is 31.9 Å². The number of fused-ring (bicyclic) bond motifs is 1. The van der Waals surface area contributed by atoms with Crippen LogP contribution in [0.4, 0.5) is 13.2 Å². The van der Waals surface area contributed by atoms with Crippen LogP contribution in [0.2, 0.25) is 0 Å². The monoisotopic (exact) mass is 368 g/mol. The third kappa shape index (κ3) is 4.44. The fraction of sp³-hybridized carbons (Fsp3) is 0.273. The van der Waals surface area contributed by atoms with Crippen molar-refractivity contribution < 1.29 is 28.2 Å². The second-order valence-electron chi connectivity index (χ2n) is 5.52. The minimum absolute atomic E-state index is 0.113. The lowest BCUT2D eigenvalue weighted by Crippen LogP contribution is -2.20. The molecule has 0 aromatic heterocycles. The minimum atomic E-state index is -4.75. The van der Waals surface area contributed by atoms with Crippen molar-refractivity contribution in [1.82, 2.24) is 5.32 Å². The van der Waals surface area contributed by atoms with Crippen LogP contribution in [-0.4, -0.2) is 6.54 Å². The van der Waals surface area contributed by atoms with Crippen LogP contribution in [0.3, 0.4) is 0 Å². The number of hydrogen-bond donors (Lipinski definition) is 1. The molecule has 136 valence electrons. The molecule has 0 spiro atoms. The summed E-state index contributed by atoms with van der Waals surface area (Å²) in [5.41, 5.74) is -1.78. The average molecular weight is 368 g/mol. The van der Waals surface area contributed by atoms with Crippen molar-refractivity contribution in [3.63, 3.8) is 0 Å². The first-order valence-electron chi connectivity index (χ1n) is 13.3. The summed E-state index contributed by atoms with van der Waals surface area (Å²) in [6, 6.07) is -1.84. The number of aryl methyl sites for hydroxylation is 1. The van der Waals surface area contributed by atoms with Crippen molar-refractivity contribution in [3.8, 4) is 0 Å². The third-order valence-corrected chi connectivity index (χ3v) is 3.69. The Hall–Kier alpha value is -2.33. The summed E-state index contributed by atoms with van der Waals surface area (Å²) in [6.07, 6.45) is -10.4. The molecular weight excluding hydrogens is 335 g/mol. The average Bonchev–Trinajstić information content (AvgIpc) is 2.82. The van der Waals surface area contributed by atoms with Gasteiger partial charge in [-0.25, -0.2) is 0 Å². The molecular formula is C22H22F3N. The Labute approximate surface area is 167 Å². The molecule has 26 heavy (non-hydrogen) atoms. The Balaban J connectivity index is 2.04. The van der Waals surface area contributed by atoms with Crippen LogP contribution in [0.25, 0.3) is 10.8 Å². The van der Waals surface area contributed by atoms with E-state index in [1.807, 2.05) is 0 Å². The SMILES string of the molecule is [2H]c1c([2H])c([2H])c2c([C@@H](C)NCC([2H])([2H])C([2H])([2H])c3cccc(C(F)(F)F)c3)c([2H])c([2H])c([2H])c2c1[2H]. The summed E-state index contributed by atoms with van der Waals surface area (Å²) in [7, 11) is 0. The maximum Gasteiger partial charge on any atom is 0.416 e. The van der Waals surface area contributed by atoms with Crippen molar-refractivity contribution in [2.24, 2.45) is 0 Å². The van der Waals surface area contributed by atoms with Gasteiger partial charge in [-0.05, 0) is 54.2 Å². The van der Waals surface area contributed by atoms with Crippen LogP contribution in [-0.2, 0) is 12.5 Å². The fourth-order valence-corrected chi connectivity index (χ4v) is 2.38. The molecule has 0 fully saturated rings. The van der Waals surface area contributed by atoms with Gasteiger partial charge in [0.15, 0.2) is 0 Å². The maximum absolute atomic E-state index is 13.1. The number of hydrogen-bond acceptors (Lipinski definition) is 1. The van der Waals surface area contributed by atoms with E-state index in [2.05, 4.69) is 5.32 Å². The van der Waals surface area contributed by atoms with Gasteiger partial charge < -0.3 is 5.32 Å². The number of alkyl halides is 3. The molecule has 0 unspecified atom stereocenters. The number of rotatable bonds is 6. The summed E-state index contributed by atoms with van der Waals surface area (Å²) in [5.74, 6) is 0. The van der Waals surface area contributed by atoms with Gasteiger partial charge in [0.25, 0.3) is 0 Å². The molecule has 0 amide bonds. The second kappa shape index (κ2) is 7.92. The first-order chi connectivity index (χ1) is 16.8. The quantitative estimate of drug-likeness (QED) is 0.551. The van der Waals surface area contributed by atoms with E-state index in [9.17, 15) is 13.2 Å². The number of nitrogens with one attached hydrogen (secondary N) is 1. The van der Waals surface area contributed by atoms with E-state index in [1.54, 1.807) is 0 Å². The Bertz CT molecular complexity index is 1360. The molecule has 3 rings (SSSR count). The summed E-state index contributed by atoms with van der Waals surface area (Å²) in [5, 5.41) is 2.19. The third-order valence-electron chi connectivity index (χ3n) is 3.69. The van der Waals surface area contributed by atoms with Gasteiger partial charge in [-0.2, -0.15) is 13.2 Å². The predicted molar refractivity (Wildman–Crippen MR) is 100 cm³/mol. The van der Waals surface area contributed by atoms with Gasteiger partial charge in [-0.1, -0.05) is 60.5 Å². The summed E-state index contributed by atoms with van der Waals surface area (Å²) in [6.45, 7) is 0.646. The Kier molecular flexibility index (Phi) is 2.75. The van der Waals surface area contributed by atoms with Gasteiger partial charge in [0.2, 0.25) is 0 Å². The minimum Gasteiger partial charge on any atom is -0.310 e. The van der Waals surface area contributed by atoms with E-state index in [-0.39, 0.29) is 16.3 Å². The molecule has 1 atom stereocenters. The van der Waals surface area contributed by atoms with E-state index >= 15 is 0 Å². The molecule has 3 aromatic rings. The normalized spacial score (nSPS) is 20.2. The molecule has 0 aliphatic carbocycles. The van der Waals surface area contributed by atoms with Crippen LogP contribution in [0.15, 0.2) is 66.6 Å². The standard InChI is InChI=1S/C22H22F3N/c1-16(20-13-5-10-18-9-2-3-12-21(18)20)26-14-6-8-17-7-4-11-19(15-17)22(23,24)25/h2-5,7,9-13,15-16,26H,6,8,14H2,1H3/t16-/m1/s1/i2D,3D,5D,6D2,8D2,9D,10D,12D,13D. The molecule has 0 saturated heterocycles. The van der Waals surface area contributed by atoms with Crippen LogP contribution < -0.4 is 5.32 Å². The molecule has 3 aromatic carbocycles. The van der Waals surface area contributed by atoms with Gasteiger partial charge >= 0.3 is 6.18 Å². The molecule has 0 bridgehead atoms. The first-order valence-corrected chi connectivity index (χ1v) is 7.75. The molecule has 0 heterocycles. The lowest BCUT2D eigenvalue weighted by Gasteiger charge is -2.17. The summed E-state index contributed by atoms with van der Waals surface area (Å²) in [4.78, 5) is 0. The largest absolute Gasteiger partial charge is 0.416 e. The van der Waals surface area contributed by atoms with E-state index in [4.69, 9.17) is 15.1 Å². The zero-order chi connectivity index (χ0) is 28.2. The summed E-state index contributed by atoms with van der Waals surface area (Å²) >= 11 is 0. The molecule has 0 aliphatic heterocycles. The Morgan fingerprint density at radius 2 is 1.88 bits per heavy atom. The zero-order valence-electron chi connectivity index (χ0n) is 24.7. The summed E-state index contributed by atoms with van der Waals surface area (Å²) < 4.78 is 129. The van der Waals surface area contributed by atoms with Gasteiger partial charge in [0.05, 0.1) is 15.2 Å². The van der Waals surface area contributed by atoms with E-state index in [1.165, 1.54) is 6.92 Å². The van der Waals surface area contributed by atoms with Crippen LogP contribution >= 0.6 is 0 Å². The van der Waals surface area contributed by atoms with Crippen LogP contribution in [0.5, 0.6) is 0 Å². The highest BCUT2D eigenvalue weighted by Crippen LogP contribution is 2.29. The first kappa shape index (κ1) is 9.05. The smallest absolute Gasteiger partial charge is 0.310 e. The molecule has 4 heteroatoms. The highest BCUT2D eigenvalue weighted by molar-refractivity contribution is 5.86. The van der Waals surface area contributed by atoms with E-state index < -0.39 is 84.9 Å². The highest BCUT2D eigenvalue weighted by atomic mass is 19.4. The van der Waals surface area contributed by atoms with Crippen molar-refractivity contribution >= 4 is 10.8 Å².